The number of aromatic nitrogens is 4. The first kappa shape index (κ1) is 14.1. The highest BCUT2D eigenvalue weighted by Gasteiger charge is 2.28. The third kappa shape index (κ3) is 2.52. The van der Waals surface area contributed by atoms with E-state index in [1.54, 1.807) is 24.3 Å². The van der Waals surface area contributed by atoms with E-state index in [2.05, 4.69) is 10.2 Å². The van der Waals surface area contributed by atoms with Crippen molar-refractivity contribution in [2.24, 2.45) is 5.73 Å². The highest BCUT2D eigenvalue weighted by Crippen LogP contribution is 2.22. The minimum Gasteiger partial charge on any atom is -0.364 e. The second kappa shape index (κ2) is 4.86. The van der Waals surface area contributed by atoms with Crippen LogP contribution in [0.1, 0.15) is 10.5 Å². The molecule has 0 saturated carbocycles. The Kier molecular flexibility index (Phi) is 3.12. The van der Waals surface area contributed by atoms with Gasteiger partial charge in [-0.05, 0) is 6.07 Å². The van der Waals surface area contributed by atoms with Gasteiger partial charge in [0.2, 0.25) is 0 Å². The molecular weight excluding hydrogens is 299 g/mol. The van der Waals surface area contributed by atoms with Gasteiger partial charge < -0.3 is 5.73 Å². The molecule has 0 atom stereocenters. The van der Waals surface area contributed by atoms with E-state index in [1.165, 1.54) is 17.1 Å². The van der Waals surface area contributed by atoms with Crippen molar-refractivity contribution >= 4 is 16.8 Å². The van der Waals surface area contributed by atoms with Gasteiger partial charge >= 0.3 is 6.18 Å². The van der Waals surface area contributed by atoms with E-state index in [9.17, 15) is 18.0 Å². The van der Waals surface area contributed by atoms with Gasteiger partial charge in [0, 0.05) is 5.39 Å². The normalized spacial score (nSPS) is 12.0. The number of rotatable bonds is 3. The second-order valence-electron chi connectivity index (χ2n) is 4.65. The van der Waals surface area contributed by atoms with Crippen LogP contribution in [0.5, 0.6) is 0 Å². The molecule has 0 saturated heterocycles. The molecular formula is C13H10F3N5O. The van der Waals surface area contributed by atoms with Gasteiger partial charge in [-0.3, -0.25) is 9.48 Å². The van der Waals surface area contributed by atoms with Crippen molar-refractivity contribution in [1.82, 2.24) is 19.6 Å². The Labute approximate surface area is 121 Å². The van der Waals surface area contributed by atoms with E-state index in [-0.39, 0.29) is 5.69 Å². The lowest BCUT2D eigenvalue weighted by Crippen LogP contribution is -2.17. The number of halogens is 3. The van der Waals surface area contributed by atoms with Gasteiger partial charge in [0.05, 0.1) is 17.9 Å². The van der Waals surface area contributed by atoms with Crippen LogP contribution in [0.25, 0.3) is 16.6 Å². The van der Waals surface area contributed by atoms with Crippen molar-refractivity contribution in [1.29, 1.82) is 0 Å². The topological polar surface area (TPSA) is 78.7 Å². The first-order valence-corrected chi connectivity index (χ1v) is 6.22. The number of fused-ring (bicyclic) bond motifs is 1. The highest BCUT2D eigenvalue weighted by atomic mass is 19.4. The summed E-state index contributed by atoms with van der Waals surface area (Å²) in [6.45, 7) is -1.20. The van der Waals surface area contributed by atoms with Crippen LogP contribution in [0, 0.1) is 0 Å². The number of alkyl halides is 3. The Morgan fingerprint density at radius 1 is 1.27 bits per heavy atom. The molecule has 3 rings (SSSR count). The van der Waals surface area contributed by atoms with Crippen LogP contribution in [0.3, 0.4) is 0 Å². The molecule has 6 nitrogen and oxygen atoms in total. The zero-order valence-corrected chi connectivity index (χ0v) is 11.1. The molecule has 1 amide bonds. The summed E-state index contributed by atoms with van der Waals surface area (Å²) in [5, 5.41) is 8.26. The third-order valence-corrected chi connectivity index (χ3v) is 3.03. The molecule has 0 fully saturated rings. The van der Waals surface area contributed by atoms with E-state index in [0.717, 1.165) is 4.68 Å². The fraction of sp³-hybridized carbons (Fsp3) is 0.154. The molecule has 0 unspecified atom stereocenters. The van der Waals surface area contributed by atoms with E-state index in [4.69, 9.17) is 5.73 Å². The van der Waals surface area contributed by atoms with Crippen molar-refractivity contribution in [3.8, 4) is 5.69 Å². The largest absolute Gasteiger partial charge is 0.408 e. The van der Waals surface area contributed by atoms with Gasteiger partial charge in [0.1, 0.15) is 12.2 Å². The number of nitrogens with two attached hydrogens (primary N) is 1. The van der Waals surface area contributed by atoms with Crippen LogP contribution in [0.15, 0.2) is 36.7 Å². The molecule has 22 heavy (non-hydrogen) atoms. The maximum absolute atomic E-state index is 12.4. The molecule has 9 heteroatoms. The quantitative estimate of drug-likeness (QED) is 0.802. The smallest absolute Gasteiger partial charge is 0.364 e. The summed E-state index contributed by atoms with van der Waals surface area (Å²) in [6.07, 6.45) is -1.92. The van der Waals surface area contributed by atoms with Crippen molar-refractivity contribution in [3.05, 3.63) is 42.4 Å². The van der Waals surface area contributed by atoms with Gasteiger partial charge in [-0.25, -0.2) is 4.68 Å². The standard InChI is InChI=1S/C13H10F3N5O/c14-13(15,16)7-20-6-8(5-18-20)21-10-4-2-1-3-9(10)11(19-21)12(17)22/h1-6H,7H2,(H2,17,22). The molecule has 3 aromatic rings. The summed E-state index contributed by atoms with van der Waals surface area (Å²) in [6, 6.07) is 6.80. The number of hydrogen-bond donors (Lipinski definition) is 1. The number of para-hydroxylation sites is 1. The van der Waals surface area contributed by atoms with Gasteiger partial charge in [-0.1, -0.05) is 18.2 Å². The number of hydrogen-bond acceptors (Lipinski definition) is 3. The zero-order valence-electron chi connectivity index (χ0n) is 11.1. The average molecular weight is 309 g/mol. The lowest BCUT2D eigenvalue weighted by Gasteiger charge is -2.05. The molecule has 1 aromatic carbocycles. The van der Waals surface area contributed by atoms with E-state index in [0.29, 0.717) is 16.6 Å². The first-order valence-electron chi connectivity index (χ1n) is 6.22. The predicted molar refractivity (Wildman–Crippen MR) is 71.4 cm³/mol. The minimum absolute atomic E-state index is 0.0548. The van der Waals surface area contributed by atoms with E-state index < -0.39 is 18.6 Å². The Bertz CT molecular complexity index is 849. The average Bonchev–Trinajstić information content (AvgIpc) is 3.00. The fourth-order valence-electron chi connectivity index (χ4n) is 2.18. The van der Waals surface area contributed by atoms with Crippen molar-refractivity contribution < 1.29 is 18.0 Å². The SMILES string of the molecule is NC(=O)c1nn(-c2cnn(CC(F)(F)F)c2)c2ccccc12. The van der Waals surface area contributed by atoms with Gasteiger partial charge in [0.25, 0.3) is 5.91 Å². The molecule has 0 bridgehead atoms. The number of primary amides is 1. The Balaban J connectivity index is 2.09. The molecule has 0 aliphatic heterocycles. The highest BCUT2D eigenvalue weighted by molar-refractivity contribution is 6.04. The van der Waals surface area contributed by atoms with Gasteiger partial charge in [-0.2, -0.15) is 23.4 Å². The maximum Gasteiger partial charge on any atom is 0.408 e. The molecule has 2 aromatic heterocycles. The molecule has 2 heterocycles. The Hall–Kier alpha value is -2.84. The summed E-state index contributed by atoms with van der Waals surface area (Å²) in [4.78, 5) is 11.4. The number of nitrogens with zero attached hydrogens (tertiary/aromatic N) is 4. The van der Waals surface area contributed by atoms with Crippen LogP contribution in [0.4, 0.5) is 13.2 Å². The van der Waals surface area contributed by atoms with E-state index >= 15 is 0 Å². The Morgan fingerprint density at radius 3 is 2.68 bits per heavy atom. The zero-order chi connectivity index (χ0) is 15.9. The molecule has 0 spiro atoms. The molecule has 0 radical (unpaired) electrons. The molecule has 0 aliphatic carbocycles. The number of amides is 1. The second-order valence-corrected chi connectivity index (χ2v) is 4.65. The first-order chi connectivity index (χ1) is 10.3. The molecule has 0 aliphatic rings. The number of carbonyl (C=O) groups excluding carboxylic acids is 1. The minimum atomic E-state index is -4.37. The Morgan fingerprint density at radius 2 is 2.00 bits per heavy atom. The number of benzene rings is 1. The monoisotopic (exact) mass is 309 g/mol. The van der Waals surface area contributed by atoms with Gasteiger partial charge in [-0.15, -0.1) is 0 Å². The summed E-state index contributed by atoms with van der Waals surface area (Å²) in [7, 11) is 0. The van der Waals surface area contributed by atoms with Crippen LogP contribution in [0.2, 0.25) is 0 Å². The molecule has 2 N–H and O–H groups in total. The summed E-state index contributed by atoms with van der Waals surface area (Å²) < 4.78 is 39.2. The maximum atomic E-state index is 12.4. The van der Waals surface area contributed by atoms with Crippen LogP contribution in [-0.2, 0) is 6.54 Å². The predicted octanol–water partition coefficient (Wildman–Crippen LogP) is 1.88. The van der Waals surface area contributed by atoms with Crippen molar-refractivity contribution in [2.75, 3.05) is 0 Å². The van der Waals surface area contributed by atoms with Crippen LogP contribution < -0.4 is 5.73 Å². The summed E-state index contributed by atoms with van der Waals surface area (Å²) in [5.41, 5.74) is 6.20. The molecule has 114 valence electrons. The summed E-state index contributed by atoms with van der Waals surface area (Å²) in [5.74, 6) is -0.711. The third-order valence-electron chi connectivity index (χ3n) is 3.03. The lowest BCUT2D eigenvalue weighted by molar-refractivity contribution is -0.142. The van der Waals surface area contributed by atoms with Crippen LogP contribution >= 0.6 is 0 Å². The number of carbonyl (C=O) groups is 1. The fourth-order valence-corrected chi connectivity index (χ4v) is 2.18. The van der Waals surface area contributed by atoms with Crippen molar-refractivity contribution in [3.63, 3.8) is 0 Å². The van der Waals surface area contributed by atoms with Gasteiger partial charge in [0.15, 0.2) is 5.69 Å². The van der Waals surface area contributed by atoms with Crippen molar-refractivity contribution in [2.45, 2.75) is 12.7 Å². The van der Waals surface area contributed by atoms with Crippen LogP contribution in [-0.4, -0.2) is 31.6 Å². The summed E-state index contributed by atoms with van der Waals surface area (Å²) >= 11 is 0. The van der Waals surface area contributed by atoms with E-state index in [1.807, 2.05) is 0 Å². The lowest BCUT2D eigenvalue weighted by atomic mass is 10.2.